The normalized spacial score (nSPS) is 11.7. The van der Waals surface area contributed by atoms with E-state index in [-0.39, 0.29) is 5.69 Å². The van der Waals surface area contributed by atoms with E-state index in [1.165, 1.54) is 11.3 Å². The number of carboxylic acid groups (broad SMARTS) is 1. The van der Waals surface area contributed by atoms with Gasteiger partial charge in [-0.25, -0.2) is 9.78 Å². The van der Waals surface area contributed by atoms with Gasteiger partial charge in [-0.2, -0.15) is 0 Å². The maximum Gasteiger partial charge on any atom is 0.355 e. The summed E-state index contributed by atoms with van der Waals surface area (Å²) in [6.07, 6.45) is 1.57. The molecule has 1 N–H and O–H groups in total. The molecule has 5 heteroatoms. The van der Waals surface area contributed by atoms with Gasteiger partial charge in [-0.15, -0.1) is 11.3 Å². The maximum absolute atomic E-state index is 10.7. The summed E-state index contributed by atoms with van der Waals surface area (Å²) in [6, 6.07) is 0. The maximum atomic E-state index is 10.7. The molecule has 1 heterocycles. The van der Waals surface area contributed by atoms with Crippen LogP contribution < -0.4 is 0 Å². The SMILES string of the molecule is CCC(CC)(OC)c1nc(C(=O)O)cs1. The second kappa shape index (κ2) is 4.72. The number of carbonyl (C=O) groups is 1. The number of rotatable bonds is 5. The van der Waals surface area contributed by atoms with Crippen LogP contribution in [-0.2, 0) is 10.3 Å². The van der Waals surface area contributed by atoms with Crippen LogP contribution in [0.3, 0.4) is 0 Å². The topological polar surface area (TPSA) is 59.4 Å². The summed E-state index contributed by atoms with van der Waals surface area (Å²) in [5.41, 5.74) is -0.337. The van der Waals surface area contributed by atoms with E-state index in [1.54, 1.807) is 12.5 Å². The highest BCUT2D eigenvalue weighted by atomic mass is 32.1. The van der Waals surface area contributed by atoms with Crippen molar-refractivity contribution in [3.05, 3.63) is 16.1 Å². The Morgan fingerprint density at radius 2 is 2.20 bits per heavy atom. The highest BCUT2D eigenvalue weighted by Gasteiger charge is 2.32. The lowest BCUT2D eigenvalue weighted by molar-refractivity contribution is -0.0219. The van der Waals surface area contributed by atoms with Crippen LogP contribution in [0.15, 0.2) is 5.38 Å². The number of aromatic carboxylic acids is 1. The monoisotopic (exact) mass is 229 g/mol. The van der Waals surface area contributed by atoms with Crippen molar-refractivity contribution in [2.45, 2.75) is 32.3 Å². The van der Waals surface area contributed by atoms with Gasteiger partial charge in [0.1, 0.15) is 10.6 Å². The van der Waals surface area contributed by atoms with Gasteiger partial charge in [-0.05, 0) is 12.8 Å². The van der Waals surface area contributed by atoms with Gasteiger partial charge in [0.25, 0.3) is 0 Å². The van der Waals surface area contributed by atoms with Crippen molar-refractivity contribution in [3.63, 3.8) is 0 Å². The standard InChI is InChI=1S/C10H15NO3S/c1-4-10(5-2,14-3)9-11-7(6-15-9)8(12)13/h6H,4-5H2,1-3H3,(H,12,13). The fraction of sp³-hybridized carbons (Fsp3) is 0.600. The predicted octanol–water partition coefficient (Wildman–Crippen LogP) is 2.50. The first-order chi connectivity index (χ1) is 7.09. The number of hydrogen-bond acceptors (Lipinski definition) is 4. The quantitative estimate of drug-likeness (QED) is 0.842. The Balaban J connectivity index is 3.07. The summed E-state index contributed by atoms with van der Waals surface area (Å²) < 4.78 is 5.47. The van der Waals surface area contributed by atoms with Gasteiger partial charge < -0.3 is 9.84 Å². The molecular formula is C10H15NO3S. The lowest BCUT2D eigenvalue weighted by Gasteiger charge is -2.27. The summed E-state index contributed by atoms with van der Waals surface area (Å²) >= 11 is 1.34. The molecule has 0 radical (unpaired) electrons. The molecule has 84 valence electrons. The number of thiazole rings is 1. The summed E-state index contributed by atoms with van der Waals surface area (Å²) in [7, 11) is 1.63. The summed E-state index contributed by atoms with van der Waals surface area (Å²) in [4.78, 5) is 14.8. The van der Waals surface area contributed by atoms with Crippen LogP contribution in [0.2, 0.25) is 0 Å². The molecule has 1 aromatic heterocycles. The number of carboxylic acids is 1. The number of hydrogen-bond donors (Lipinski definition) is 1. The van der Waals surface area contributed by atoms with Crippen molar-refractivity contribution >= 4 is 17.3 Å². The third-order valence-electron chi connectivity index (χ3n) is 2.65. The van der Waals surface area contributed by atoms with Gasteiger partial charge in [0, 0.05) is 12.5 Å². The molecule has 0 saturated carbocycles. The van der Waals surface area contributed by atoms with Crippen LogP contribution in [0.4, 0.5) is 0 Å². The average Bonchev–Trinajstić information content (AvgIpc) is 2.71. The van der Waals surface area contributed by atoms with Gasteiger partial charge >= 0.3 is 5.97 Å². The molecule has 0 aliphatic carbocycles. The molecule has 0 fully saturated rings. The molecule has 1 rings (SSSR count). The van der Waals surface area contributed by atoms with Crippen LogP contribution in [0.1, 0.15) is 42.2 Å². The van der Waals surface area contributed by atoms with E-state index in [0.29, 0.717) is 0 Å². The van der Waals surface area contributed by atoms with E-state index in [4.69, 9.17) is 9.84 Å². The second-order valence-electron chi connectivity index (χ2n) is 3.25. The van der Waals surface area contributed by atoms with Crippen LogP contribution >= 0.6 is 11.3 Å². The molecule has 0 spiro atoms. The fourth-order valence-corrected chi connectivity index (χ4v) is 2.62. The lowest BCUT2D eigenvalue weighted by Crippen LogP contribution is -2.26. The minimum Gasteiger partial charge on any atom is -0.476 e. The van der Waals surface area contributed by atoms with Gasteiger partial charge in [-0.3, -0.25) is 0 Å². The molecule has 0 atom stereocenters. The molecule has 0 bridgehead atoms. The molecule has 0 aliphatic heterocycles. The first-order valence-electron chi connectivity index (χ1n) is 4.84. The van der Waals surface area contributed by atoms with Crippen molar-refractivity contribution in [1.82, 2.24) is 4.98 Å². The van der Waals surface area contributed by atoms with Crippen molar-refractivity contribution in [2.24, 2.45) is 0 Å². The molecule has 4 nitrogen and oxygen atoms in total. The first kappa shape index (κ1) is 12.1. The number of nitrogens with zero attached hydrogens (tertiary/aromatic N) is 1. The third kappa shape index (κ3) is 2.18. The highest BCUT2D eigenvalue weighted by molar-refractivity contribution is 7.10. The first-order valence-corrected chi connectivity index (χ1v) is 5.72. The van der Waals surface area contributed by atoms with Crippen molar-refractivity contribution in [3.8, 4) is 0 Å². The number of ether oxygens (including phenoxy) is 1. The van der Waals surface area contributed by atoms with E-state index in [2.05, 4.69) is 4.98 Å². The number of methoxy groups -OCH3 is 1. The molecule has 0 amide bonds. The van der Waals surface area contributed by atoms with Crippen molar-refractivity contribution in [1.29, 1.82) is 0 Å². The van der Waals surface area contributed by atoms with Crippen LogP contribution in [0.25, 0.3) is 0 Å². The molecule has 0 aromatic carbocycles. The van der Waals surface area contributed by atoms with Crippen molar-refractivity contribution in [2.75, 3.05) is 7.11 Å². The summed E-state index contributed by atoms with van der Waals surface area (Å²) in [5, 5.41) is 11.1. The zero-order valence-electron chi connectivity index (χ0n) is 9.11. The van der Waals surface area contributed by atoms with Gasteiger partial charge in [0.05, 0.1) is 0 Å². The molecule has 0 aliphatic rings. The minimum absolute atomic E-state index is 0.0957. The van der Waals surface area contributed by atoms with Crippen LogP contribution in [-0.4, -0.2) is 23.2 Å². The Hall–Kier alpha value is -0.940. The Morgan fingerprint density at radius 1 is 1.60 bits per heavy atom. The largest absolute Gasteiger partial charge is 0.476 e. The Bertz CT molecular complexity index is 336. The van der Waals surface area contributed by atoms with Gasteiger partial charge in [0.2, 0.25) is 0 Å². The van der Waals surface area contributed by atoms with E-state index >= 15 is 0 Å². The van der Waals surface area contributed by atoms with E-state index in [9.17, 15) is 4.79 Å². The highest BCUT2D eigenvalue weighted by Crippen LogP contribution is 2.34. The Kier molecular flexibility index (Phi) is 3.82. The van der Waals surface area contributed by atoms with Gasteiger partial charge in [-0.1, -0.05) is 13.8 Å². The zero-order chi connectivity index (χ0) is 11.5. The molecular weight excluding hydrogens is 214 g/mol. The van der Waals surface area contributed by atoms with E-state index in [1.807, 2.05) is 13.8 Å². The van der Waals surface area contributed by atoms with Crippen LogP contribution in [0, 0.1) is 0 Å². The smallest absolute Gasteiger partial charge is 0.355 e. The van der Waals surface area contributed by atoms with Gasteiger partial charge in [0.15, 0.2) is 5.69 Å². The summed E-state index contributed by atoms with van der Waals surface area (Å²) in [6.45, 7) is 4.02. The molecule has 0 unspecified atom stereocenters. The Labute approximate surface area is 92.9 Å². The predicted molar refractivity (Wildman–Crippen MR) is 58.3 cm³/mol. The van der Waals surface area contributed by atoms with E-state index in [0.717, 1.165) is 17.8 Å². The minimum atomic E-state index is -0.991. The lowest BCUT2D eigenvalue weighted by atomic mass is 9.98. The third-order valence-corrected chi connectivity index (χ3v) is 3.67. The zero-order valence-corrected chi connectivity index (χ0v) is 9.93. The Morgan fingerprint density at radius 3 is 2.53 bits per heavy atom. The second-order valence-corrected chi connectivity index (χ2v) is 4.11. The number of aromatic nitrogens is 1. The van der Waals surface area contributed by atoms with E-state index < -0.39 is 11.6 Å². The fourth-order valence-electron chi connectivity index (χ4n) is 1.51. The average molecular weight is 229 g/mol. The molecule has 1 aromatic rings. The van der Waals surface area contributed by atoms with Crippen molar-refractivity contribution < 1.29 is 14.6 Å². The molecule has 15 heavy (non-hydrogen) atoms. The molecule has 0 saturated heterocycles. The summed E-state index contributed by atoms with van der Waals surface area (Å²) in [5.74, 6) is -0.991. The van der Waals surface area contributed by atoms with Crippen LogP contribution in [0.5, 0.6) is 0 Å².